The maximum atomic E-state index is 10.7. The Hall–Kier alpha value is -0.235. The lowest BCUT2D eigenvalue weighted by Crippen LogP contribution is -2.21. The molecule has 0 atom stereocenters. The molecule has 0 fully saturated rings. The van der Waals surface area contributed by atoms with Crippen molar-refractivity contribution in [2.45, 2.75) is 45.8 Å². The molecule has 0 amide bonds. The molecule has 1 radical (unpaired) electrons. The zero-order chi connectivity index (χ0) is 14.3. The minimum atomic E-state index is -5.84. The minimum absolute atomic E-state index is 0.837. The van der Waals surface area contributed by atoms with Crippen molar-refractivity contribution in [3.05, 3.63) is 0 Å². The molecule has 0 aromatic rings. The molecule has 0 aliphatic heterocycles. The summed E-state index contributed by atoms with van der Waals surface area (Å²) in [5, 5.41) is 0. The number of alkyl halides is 3. The molecule has 0 aromatic carbocycles. The third kappa shape index (κ3) is 13.7. The first-order chi connectivity index (χ1) is 7.38. The average molecular weight is 275 g/mol. The van der Waals surface area contributed by atoms with E-state index in [1.165, 1.54) is 12.6 Å². The second kappa shape index (κ2) is 7.97. The third-order valence-corrected chi connectivity index (χ3v) is 2.15. The van der Waals surface area contributed by atoms with Gasteiger partial charge in [-0.05, 0) is 0 Å². The van der Waals surface area contributed by atoms with Crippen LogP contribution in [-0.4, -0.2) is 25.8 Å². The fourth-order valence-electron chi connectivity index (χ4n) is 0.763. The lowest BCUT2D eigenvalue weighted by Gasteiger charge is -2.04. The molecule has 0 aliphatic rings. The van der Waals surface area contributed by atoms with Crippen LogP contribution in [-0.2, 0) is 10.1 Å². The second-order valence-electron chi connectivity index (χ2n) is 4.47. The van der Waals surface area contributed by atoms with Crippen LogP contribution in [0.25, 0.3) is 0 Å². The summed E-state index contributed by atoms with van der Waals surface area (Å²) < 4.78 is 57.5. The summed E-state index contributed by atoms with van der Waals surface area (Å²) in [4.78, 5) is 0. The Balaban J connectivity index is 0. The molecule has 17 heavy (non-hydrogen) atoms. The molecule has 0 saturated carbocycles. The van der Waals surface area contributed by atoms with Crippen molar-refractivity contribution in [2.75, 3.05) is 0 Å². The lowest BCUT2D eigenvalue weighted by molar-refractivity contribution is -0.0510. The van der Waals surface area contributed by atoms with Crippen molar-refractivity contribution in [3.63, 3.8) is 0 Å². The van der Waals surface area contributed by atoms with E-state index in [0.717, 1.165) is 11.8 Å². The fraction of sp³-hybridized carbons (Fsp3) is 1.00. The van der Waals surface area contributed by atoms with Gasteiger partial charge in [0.2, 0.25) is 0 Å². The van der Waals surface area contributed by atoms with Crippen LogP contribution in [0.1, 0.15) is 27.7 Å². The van der Waals surface area contributed by atoms with E-state index >= 15 is 0 Å². The van der Waals surface area contributed by atoms with E-state index in [2.05, 4.69) is 35.0 Å². The molecular formula is C9H19BF3O3S. The van der Waals surface area contributed by atoms with Crippen molar-refractivity contribution in [1.29, 1.82) is 0 Å². The highest BCUT2D eigenvalue weighted by molar-refractivity contribution is 7.86. The molecule has 1 N–H and O–H groups in total. The number of hydrogen-bond acceptors (Lipinski definition) is 2. The first-order valence-electron chi connectivity index (χ1n) is 5.23. The molecule has 0 bridgehead atoms. The fourth-order valence-corrected chi connectivity index (χ4v) is 0.763. The molecule has 0 saturated heterocycles. The first kappa shape index (κ1) is 19.1. The predicted molar refractivity (Wildman–Crippen MR) is 62.6 cm³/mol. The van der Waals surface area contributed by atoms with E-state index < -0.39 is 15.6 Å². The number of rotatable bonds is 4. The van der Waals surface area contributed by atoms with E-state index in [1.807, 2.05) is 0 Å². The molecule has 0 heterocycles. The molecule has 3 nitrogen and oxygen atoms in total. The van der Waals surface area contributed by atoms with Gasteiger partial charge in [-0.1, -0.05) is 52.2 Å². The smallest absolute Gasteiger partial charge is 0.279 e. The highest BCUT2D eigenvalue weighted by Gasteiger charge is 2.44. The van der Waals surface area contributed by atoms with E-state index in [0.29, 0.717) is 0 Å². The van der Waals surface area contributed by atoms with Gasteiger partial charge in [0, 0.05) is 0 Å². The van der Waals surface area contributed by atoms with Crippen molar-refractivity contribution >= 4 is 17.4 Å². The van der Waals surface area contributed by atoms with Crippen molar-refractivity contribution in [2.24, 2.45) is 11.8 Å². The van der Waals surface area contributed by atoms with E-state index in [9.17, 15) is 13.2 Å². The van der Waals surface area contributed by atoms with E-state index in [4.69, 9.17) is 13.0 Å². The third-order valence-electron chi connectivity index (χ3n) is 1.57. The monoisotopic (exact) mass is 275 g/mol. The largest absolute Gasteiger partial charge is 0.522 e. The summed E-state index contributed by atoms with van der Waals surface area (Å²) in [5.74, 6) is 1.67. The first-order valence-corrected chi connectivity index (χ1v) is 6.67. The predicted octanol–water partition coefficient (Wildman–Crippen LogP) is 3.23. The van der Waals surface area contributed by atoms with Gasteiger partial charge < -0.3 is 0 Å². The van der Waals surface area contributed by atoms with Gasteiger partial charge in [0.1, 0.15) is 7.28 Å². The highest BCUT2D eigenvalue weighted by Crippen LogP contribution is 2.20. The SMILES string of the molecule is CC(C)C[B]CC(C)C.O=S(=O)(O)C(F)(F)F. The Kier molecular flexibility index (Phi) is 8.96. The number of hydrogen-bond donors (Lipinski definition) is 1. The van der Waals surface area contributed by atoms with Crippen LogP contribution in [0.2, 0.25) is 12.6 Å². The average Bonchev–Trinajstić information content (AvgIpc) is 1.99. The highest BCUT2D eigenvalue weighted by atomic mass is 32.2. The van der Waals surface area contributed by atoms with Gasteiger partial charge in [0.15, 0.2) is 0 Å². The van der Waals surface area contributed by atoms with Crippen LogP contribution >= 0.6 is 0 Å². The standard InChI is InChI=1S/C8H18B.CHF3O3S/c1-7(2)5-9-6-8(3)4;2-1(3,4)8(5,6)7/h7-8H,5-6H2,1-4H3;(H,5,6,7). The van der Waals surface area contributed by atoms with Crippen LogP contribution in [0.5, 0.6) is 0 Å². The molecule has 0 rings (SSSR count). The molecule has 0 spiro atoms. The lowest BCUT2D eigenvalue weighted by atomic mass is 9.64. The van der Waals surface area contributed by atoms with Gasteiger partial charge in [-0.25, -0.2) is 0 Å². The van der Waals surface area contributed by atoms with Gasteiger partial charge in [-0.2, -0.15) is 21.6 Å². The zero-order valence-corrected chi connectivity index (χ0v) is 11.3. The Morgan fingerprint density at radius 3 is 1.41 bits per heavy atom. The molecular weight excluding hydrogens is 256 g/mol. The van der Waals surface area contributed by atoms with Gasteiger partial charge in [-0.3, -0.25) is 4.55 Å². The maximum Gasteiger partial charge on any atom is 0.522 e. The minimum Gasteiger partial charge on any atom is -0.279 e. The Morgan fingerprint density at radius 2 is 1.29 bits per heavy atom. The Morgan fingerprint density at radius 1 is 1.06 bits per heavy atom. The van der Waals surface area contributed by atoms with E-state index in [-0.39, 0.29) is 0 Å². The van der Waals surface area contributed by atoms with Crippen LogP contribution < -0.4 is 0 Å². The summed E-state index contributed by atoms with van der Waals surface area (Å²) in [6, 6.07) is 0. The second-order valence-corrected chi connectivity index (χ2v) is 5.88. The van der Waals surface area contributed by atoms with Crippen LogP contribution in [0.15, 0.2) is 0 Å². The van der Waals surface area contributed by atoms with Crippen LogP contribution in [0.4, 0.5) is 13.2 Å². The van der Waals surface area contributed by atoms with Gasteiger partial charge in [0.05, 0.1) is 0 Å². The van der Waals surface area contributed by atoms with Crippen molar-refractivity contribution in [3.8, 4) is 0 Å². The van der Waals surface area contributed by atoms with Gasteiger partial charge in [-0.15, -0.1) is 0 Å². The Labute approximate surface area is 102 Å². The molecule has 0 aromatic heterocycles. The summed E-state index contributed by atoms with van der Waals surface area (Å²) in [7, 11) is -3.44. The molecule has 0 unspecified atom stereocenters. The van der Waals surface area contributed by atoms with Crippen LogP contribution in [0.3, 0.4) is 0 Å². The van der Waals surface area contributed by atoms with Crippen LogP contribution in [0, 0.1) is 11.8 Å². The Bertz CT molecular complexity index is 278. The summed E-state index contributed by atoms with van der Waals surface area (Å²) in [6.45, 7) is 9.04. The summed E-state index contributed by atoms with van der Waals surface area (Å²) >= 11 is 0. The summed E-state index contributed by atoms with van der Waals surface area (Å²) in [6.07, 6.45) is 2.55. The topological polar surface area (TPSA) is 54.4 Å². The molecule has 8 heteroatoms. The quantitative estimate of drug-likeness (QED) is 0.487. The normalized spacial score (nSPS) is 12.4. The zero-order valence-electron chi connectivity index (χ0n) is 10.5. The van der Waals surface area contributed by atoms with E-state index in [1.54, 1.807) is 0 Å². The maximum absolute atomic E-state index is 10.7. The van der Waals surface area contributed by atoms with Gasteiger partial charge in [0.25, 0.3) is 0 Å². The molecule has 0 aliphatic carbocycles. The molecule has 103 valence electrons. The number of halogens is 3. The van der Waals surface area contributed by atoms with Crippen molar-refractivity contribution < 1.29 is 26.1 Å². The summed E-state index contributed by atoms with van der Waals surface area (Å²) in [5.41, 5.74) is -5.53. The van der Waals surface area contributed by atoms with Gasteiger partial charge >= 0.3 is 15.6 Å². The van der Waals surface area contributed by atoms with Crippen molar-refractivity contribution in [1.82, 2.24) is 0 Å².